The molecule has 1 aromatic carbocycles. The lowest BCUT2D eigenvalue weighted by Crippen LogP contribution is -2.65. The molecule has 0 radical (unpaired) electrons. The highest BCUT2D eigenvalue weighted by atomic mass is 16.7. The van der Waals surface area contributed by atoms with Gasteiger partial charge in [-0.25, -0.2) is 0 Å². The molecule has 0 bridgehead atoms. The van der Waals surface area contributed by atoms with Crippen LogP contribution in [-0.2, 0) is 38.1 Å². The highest BCUT2D eigenvalue weighted by molar-refractivity contribution is 5.73. The zero-order valence-electron chi connectivity index (χ0n) is 23.8. The number of nitro groups is 1. The molecule has 2 saturated heterocycles. The van der Waals surface area contributed by atoms with Crippen molar-refractivity contribution in [2.75, 3.05) is 20.3 Å². The molecule has 10 atom stereocenters. The molecular formula is C26H36N2O16. The van der Waals surface area contributed by atoms with Crippen LogP contribution in [0.3, 0.4) is 0 Å². The molecule has 246 valence electrons. The standard InChI is InChI=1S/C26H36N2O16/c1-12(29)27-19-22(34)20(32)15(43-25(19)42-14-8-6-13(7-9-14)28(37)38)10-40-17(30)4-3-5-18(31)41-11-16-21(33)23(35)24(36)26(39-2)44-16/h6-9,15-16,19-26,32-36H,3-5,10-11H2,1-2H3,(H,27,29)/t15-,16-,19-,20-,21-,22-,23+,24-,25-,26+/m1/s1. The Morgan fingerprint density at radius 3 is 1.86 bits per heavy atom. The molecule has 0 aromatic heterocycles. The van der Waals surface area contributed by atoms with Crippen molar-refractivity contribution < 1.29 is 73.3 Å². The monoisotopic (exact) mass is 632 g/mol. The average molecular weight is 633 g/mol. The van der Waals surface area contributed by atoms with Gasteiger partial charge in [0.1, 0.15) is 67.7 Å². The predicted octanol–water partition coefficient (Wildman–Crippen LogP) is -2.36. The van der Waals surface area contributed by atoms with Crippen LogP contribution in [-0.4, -0.2) is 130 Å². The number of ether oxygens (including phenoxy) is 6. The first-order valence-electron chi connectivity index (χ1n) is 13.6. The lowest BCUT2D eigenvalue weighted by atomic mass is 9.97. The molecular weight excluding hydrogens is 596 g/mol. The predicted molar refractivity (Wildman–Crippen MR) is 141 cm³/mol. The van der Waals surface area contributed by atoms with E-state index in [0.29, 0.717) is 0 Å². The molecule has 2 heterocycles. The Hall–Kier alpha value is -3.49. The number of carbonyl (C=O) groups excluding carboxylic acids is 3. The highest BCUT2D eigenvalue weighted by Crippen LogP contribution is 2.26. The van der Waals surface area contributed by atoms with E-state index < -0.39 is 97.3 Å². The second kappa shape index (κ2) is 16.0. The molecule has 0 aliphatic carbocycles. The van der Waals surface area contributed by atoms with Gasteiger partial charge in [-0.1, -0.05) is 0 Å². The van der Waals surface area contributed by atoms with E-state index >= 15 is 0 Å². The highest BCUT2D eigenvalue weighted by Gasteiger charge is 2.47. The molecule has 1 aromatic rings. The summed E-state index contributed by atoms with van der Waals surface area (Å²) in [4.78, 5) is 46.3. The number of non-ortho nitro benzene ring substituents is 1. The third-order valence-corrected chi connectivity index (χ3v) is 6.85. The first kappa shape index (κ1) is 35.0. The number of methoxy groups -OCH3 is 1. The first-order chi connectivity index (χ1) is 20.8. The molecule has 18 heteroatoms. The van der Waals surface area contributed by atoms with Crippen LogP contribution in [0.2, 0.25) is 0 Å². The van der Waals surface area contributed by atoms with Crippen LogP contribution in [0.25, 0.3) is 0 Å². The Bertz CT molecular complexity index is 1130. The molecule has 3 rings (SSSR count). The first-order valence-corrected chi connectivity index (χ1v) is 13.6. The van der Waals surface area contributed by atoms with Crippen molar-refractivity contribution in [1.29, 1.82) is 0 Å². The lowest BCUT2D eigenvalue weighted by Gasteiger charge is -2.42. The van der Waals surface area contributed by atoms with Crippen molar-refractivity contribution in [3.8, 4) is 5.75 Å². The number of nitrogens with one attached hydrogen (secondary N) is 1. The van der Waals surface area contributed by atoms with Crippen LogP contribution < -0.4 is 10.1 Å². The van der Waals surface area contributed by atoms with Crippen molar-refractivity contribution in [3.05, 3.63) is 34.4 Å². The quantitative estimate of drug-likeness (QED) is 0.0754. The maximum Gasteiger partial charge on any atom is 0.305 e. The number of hydrogen-bond acceptors (Lipinski definition) is 16. The molecule has 18 nitrogen and oxygen atoms in total. The van der Waals surface area contributed by atoms with Crippen molar-refractivity contribution >= 4 is 23.5 Å². The Balaban J connectivity index is 1.46. The minimum atomic E-state index is -1.61. The third-order valence-electron chi connectivity index (χ3n) is 6.85. The summed E-state index contributed by atoms with van der Waals surface area (Å²) in [6.07, 6.45) is -13.4. The second-order valence-electron chi connectivity index (χ2n) is 10.1. The summed E-state index contributed by atoms with van der Waals surface area (Å²) < 4.78 is 31.6. The number of aliphatic hydroxyl groups excluding tert-OH is 5. The minimum absolute atomic E-state index is 0.000960. The summed E-state index contributed by atoms with van der Waals surface area (Å²) in [5, 5.41) is 64.2. The molecule has 0 saturated carbocycles. The van der Waals surface area contributed by atoms with Gasteiger partial charge in [0, 0.05) is 39.0 Å². The van der Waals surface area contributed by atoms with E-state index in [1.165, 1.54) is 38.3 Å². The van der Waals surface area contributed by atoms with Crippen LogP contribution in [0, 0.1) is 10.1 Å². The SMILES string of the molecule is CO[C@H]1O[C@H](COC(=O)CCCC(=O)OC[C@H]2O[C@@H](Oc3ccc([N+](=O)[O-])cc3)[C@H](NC(C)=O)[C@@H](O)[C@@H]2O)[C@@H](O)[C@H](O)[C@H]1O. The van der Waals surface area contributed by atoms with E-state index in [9.17, 15) is 50.0 Å². The number of hydrogen-bond donors (Lipinski definition) is 6. The molecule has 44 heavy (non-hydrogen) atoms. The normalized spacial score (nSPS) is 31.9. The fourth-order valence-electron chi connectivity index (χ4n) is 4.46. The molecule has 1 amide bonds. The second-order valence-corrected chi connectivity index (χ2v) is 10.1. The van der Waals surface area contributed by atoms with Gasteiger partial charge < -0.3 is 59.3 Å². The van der Waals surface area contributed by atoms with Crippen molar-refractivity contribution in [3.63, 3.8) is 0 Å². The number of nitrogens with zero attached hydrogens (tertiary/aromatic N) is 1. The minimum Gasteiger partial charge on any atom is -0.463 e. The fourth-order valence-corrected chi connectivity index (χ4v) is 4.46. The van der Waals surface area contributed by atoms with E-state index in [-0.39, 0.29) is 30.7 Å². The van der Waals surface area contributed by atoms with Gasteiger partial charge in [-0.05, 0) is 18.6 Å². The van der Waals surface area contributed by atoms with Gasteiger partial charge in [-0.15, -0.1) is 0 Å². The molecule has 0 spiro atoms. The van der Waals surface area contributed by atoms with Gasteiger partial charge in [-0.2, -0.15) is 0 Å². The largest absolute Gasteiger partial charge is 0.463 e. The van der Waals surface area contributed by atoms with Crippen LogP contribution in [0.5, 0.6) is 5.75 Å². The molecule has 0 unspecified atom stereocenters. The average Bonchev–Trinajstić information content (AvgIpc) is 2.98. The summed E-state index contributed by atoms with van der Waals surface area (Å²) in [5.74, 6) is -1.99. The molecule has 6 N–H and O–H groups in total. The number of aliphatic hydroxyl groups is 5. The Morgan fingerprint density at radius 1 is 0.841 bits per heavy atom. The van der Waals surface area contributed by atoms with Crippen LogP contribution >= 0.6 is 0 Å². The van der Waals surface area contributed by atoms with E-state index in [1.807, 2.05) is 0 Å². The summed E-state index contributed by atoms with van der Waals surface area (Å²) in [6.45, 7) is 0.196. The zero-order chi connectivity index (χ0) is 32.6. The van der Waals surface area contributed by atoms with Crippen molar-refractivity contribution in [2.24, 2.45) is 0 Å². The van der Waals surface area contributed by atoms with Crippen LogP contribution in [0.4, 0.5) is 5.69 Å². The number of benzene rings is 1. The zero-order valence-corrected chi connectivity index (χ0v) is 23.8. The maximum absolute atomic E-state index is 12.3. The lowest BCUT2D eigenvalue weighted by molar-refractivity contribution is -0.384. The summed E-state index contributed by atoms with van der Waals surface area (Å²) in [6, 6.07) is 3.65. The fraction of sp³-hybridized carbons (Fsp3) is 0.654. The third kappa shape index (κ3) is 9.26. The number of nitro benzene ring substituents is 1. The van der Waals surface area contributed by atoms with E-state index in [0.717, 1.165) is 0 Å². The van der Waals surface area contributed by atoms with Crippen LogP contribution in [0.15, 0.2) is 24.3 Å². The summed E-state index contributed by atoms with van der Waals surface area (Å²) in [7, 11) is 1.22. The van der Waals surface area contributed by atoms with E-state index in [1.54, 1.807) is 0 Å². The Morgan fingerprint density at radius 2 is 1.36 bits per heavy atom. The van der Waals surface area contributed by atoms with Gasteiger partial charge in [0.25, 0.3) is 5.69 Å². The number of amides is 1. The Kier molecular flexibility index (Phi) is 12.7. The van der Waals surface area contributed by atoms with E-state index in [2.05, 4.69) is 5.32 Å². The summed E-state index contributed by atoms with van der Waals surface area (Å²) >= 11 is 0. The van der Waals surface area contributed by atoms with Gasteiger partial charge >= 0.3 is 11.9 Å². The van der Waals surface area contributed by atoms with Gasteiger partial charge in [0.2, 0.25) is 12.2 Å². The summed E-state index contributed by atoms with van der Waals surface area (Å²) in [5.41, 5.74) is -0.202. The molecule has 2 aliphatic heterocycles. The van der Waals surface area contributed by atoms with Gasteiger partial charge in [0.05, 0.1) is 4.92 Å². The topological polar surface area (TPSA) is 263 Å². The van der Waals surface area contributed by atoms with Gasteiger partial charge in [-0.3, -0.25) is 24.5 Å². The van der Waals surface area contributed by atoms with Crippen molar-refractivity contribution in [1.82, 2.24) is 5.32 Å². The number of rotatable bonds is 13. The molecule has 2 aliphatic rings. The number of carbonyl (C=O) groups is 3. The van der Waals surface area contributed by atoms with Gasteiger partial charge in [0.15, 0.2) is 6.29 Å². The van der Waals surface area contributed by atoms with E-state index in [4.69, 9.17) is 28.4 Å². The number of esters is 2. The Labute approximate surface area is 250 Å². The van der Waals surface area contributed by atoms with Crippen LogP contribution in [0.1, 0.15) is 26.2 Å². The van der Waals surface area contributed by atoms with Crippen molar-refractivity contribution in [2.45, 2.75) is 87.5 Å². The maximum atomic E-state index is 12.3. The molecule has 2 fully saturated rings. The smallest absolute Gasteiger partial charge is 0.305 e.